The summed E-state index contributed by atoms with van der Waals surface area (Å²) in [5.41, 5.74) is 0.240. The smallest absolute Gasteiger partial charge is 0.319 e. The average Bonchev–Trinajstić information content (AvgIpc) is 2.34. The standard InChI is InChI=1S/C12H16FN3O3/c1-2-8(3-11(17)18)5-15-12(19)16-10-4-9(13)6-14-7-10/h4,6-8H,2-3,5H2,1H3,(H,17,18)(H2,15,16,19). The van der Waals surface area contributed by atoms with Gasteiger partial charge in [-0.25, -0.2) is 9.18 Å². The fourth-order valence-electron chi connectivity index (χ4n) is 1.50. The van der Waals surface area contributed by atoms with Crippen molar-refractivity contribution in [3.8, 4) is 0 Å². The summed E-state index contributed by atoms with van der Waals surface area (Å²) in [4.78, 5) is 25.7. The number of nitrogens with one attached hydrogen (secondary N) is 2. The lowest BCUT2D eigenvalue weighted by Crippen LogP contribution is -2.33. The first kappa shape index (κ1) is 14.9. The summed E-state index contributed by atoms with van der Waals surface area (Å²) in [5, 5.41) is 13.6. The van der Waals surface area contributed by atoms with E-state index in [2.05, 4.69) is 15.6 Å². The van der Waals surface area contributed by atoms with Crippen molar-refractivity contribution in [2.45, 2.75) is 19.8 Å². The Morgan fingerprint density at radius 1 is 1.47 bits per heavy atom. The first-order valence-electron chi connectivity index (χ1n) is 5.88. The van der Waals surface area contributed by atoms with Crippen molar-refractivity contribution >= 4 is 17.7 Å². The molecule has 6 nitrogen and oxygen atoms in total. The molecule has 1 aromatic rings. The number of hydrogen-bond donors (Lipinski definition) is 3. The lowest BCUT2D eigenvalue weighted by atomic mass is 10.0. The van der Waals surface area contributed by atoms with Crippen LogP contribution < -0.4 is 10.6 Å². The zero-order valence-electron chi connectivity index (χ0n) is 10.5. The molecule has 19 heavy (non-hydrogen) atoms. The number of aromatic nitrogens is 1. The van der Waals surface area contributed by atoms with Gasteiger partial charge in [0.15, 0.2) is 0 Å². The van der Waals surface area contributed by atoms with E-state index in [-0.39, 0.29) is 24.6 Å². The van der Waals surface area contributed by atoms with Gasteiger partial charge in [-0.2, -0.15) is 0 Å². The lowest BCUT2D eigenvalue weighted by molar-refractivity contribution is -0.138. The number of aliphatic carboxylic acids is 1. The molecule has 0 radical (unpaired) electrons. The monoisotopic (exact) mass is 269 g/mol. The molecule has 1 unspecified atom stereocenters. The fraction of sp³-hybridized carbons (Fsp3) is 0.417. The van der Waals surface area contributed by atoms with Gasteiger partial charge in [-0.3, -0.25) is 9.78 Å². The molecule has 1 aromatic heterocycles. The number of hydrogen-bond acceptors (Lipinski definition) is 3. The highest BCUT2D eigenvalue weighted by Crippen LogP contribution is 2.08. The minimum Gasteiger partial charge on any atom is -0.481 e. The number of halogens is 1. The van der Waals surface area contributed by atoms with Crippen LogP contribution in [0.15, 0.2) is 18.5 Å². The van der Waals surface area contributed by atoms with Crippen LogP contribution in [0.3, 0.4) is 0 Å². The number of rotatable bonds is 6. The average molecular weight is 269 g/mol. The molecule has 104 valence electrons. The maximum atomic E-state index is 12.8. The van der Waals surface area contributed by atoms with Crippen LogP contribution in [-0.4, -0.2) is 28.6 Å². The molecule has 1 heterocycles. The molecule has 1 atom stereocenters. The van der Waals surface area contributed by atoms with Crippen LogP contribution >= 0.6 is 0 Å². The molecule has 0 aliphatic rings. The number of carboxylic acid groups (broad SMARTS) is 1. The molecule has 0 saturated heterocycles. The van der Waals surface area contributed by atoms with E-state index in [4.69, 9.17) is 5.11 Å². The van der Waals surface area contributed by atoms with Crippen LogP contribution in [0.25, 0.3) is 0 Å². The summed E-state index contributed by atoms with van der Waals surface area (Å²) in [6.07, 6.45) is 2.99. The number of amides is 2. The van der Waals surface area contributed by atoms with E-state index in [0.29, 0.717) is 6.42 Å². The highest BCUT2D eigenvalue weighted by molar-refractivity contribution is 5.88. The highest BCUT2D eigenvalue weighted by atomic mass is 19.1. The Balaban J connectivity index is 2.40. The Morgan fingerprint density at radius 2 is 2.21 bits per heavy atom. The van der Waals surface area contributed by atoms with Gasteiger partial charge in [0, 0.05) is 19.0 Å². The SMILES string of the molecule is CCC(CNC(=O)Nc1cncc(F)c1)CC(=O)O. The predicted octanol–water partition coefficient (Wildman–Crippen LogP) is 1.84. The lowest BCUT2D eigenvalue weighted by Gasteiger charge is -2.13. The van der Waals surface area contributed by atoms with E-state index < -0.39 is 17.8 Å². The highest BCUT2D eigenvalue weighted by Gasteiger charge is 2.12. The molecule has 0 aromatic carbocycles. The topological polar surface area (TPSA) is 91.3 Å². The van der Waals surface area contributed by atoms with Crippen molar-refractivity contribution in [1.29, 1.82) is 0 Å². The second-order valence-electron chi connectivity index (χ2n) is 4.10. The van der Waals surface area contributed by atoms with Crippen molar-refractivity contribution < 1.29 is 19.1 Å². The molecule has 1 rings (SSSR count). The number of pyridine rings is 1. The minimum absolute atomic E-state index is 0.00169. The third-order valence-corrected chi connectivity index (χ3v) is 2.55. The predicted molar refractivity (Wildman–Crippen MR) is 67.3 cm³/mol. The van der Waals surface area contributed by atoms with Crippen LogP contribution in [0.4, 0.5) is 14.9 Å². The molecule has 3 N–H and O–H groups in total. The van der Waals surface area contributed by atoms with Crippen molar-refractivity contribution in [2.75, 3.05) is 11.9 Å². The number of carbonyl (C=O) groups is 2. The van der Waals surface area contributed by atoms with Gasteiger partial charge < -0.3 is 15.7 Å². The van der Waals surface area contributed by atoms with Gasteiger partial charge in [0.2, 0.25) is 0 Å². The maximum absolute atomic E-state index is 12.8. The first-order valence-corrected chi connectivity index (χ1v) is 5.88. The number of anilines is 1. The van der Waals surface area contributed by atoms with Crippen molar-refractivity contribution in [2.24, 2.45) is 5.92 Å². The van der Waals surface area contributed by atoms with Crippen LogP contribution in [0.5, 0.6) is 0 Å². The largest absolute Gasteiger partial charge is 0.481 e. The van der Waals surface area contributed by atoms with Gasteiger partial charge >= 0.3 is 12.0 Å². The Labute approximate surface area is 110 Å². The third kappa shape index (κ3) is 5.80. The Morgan fingerprint density at radius 3 is 2.79 bits per heavy atom. The van der Waals surface area contributed by atoms with E-state index in [1.165, 1.54) is 6.20 Å². The molecular formula is C12H16FN3O3. The molecule has 7 heteroatoms. The van der Waals surface area contributed by atoms with Crippen LogP contribution in [0.2, 0.25) is 0 Å². The summed E-state index contributed by atoms with van der Waals surface area (Å²) in [7, 11) is 0. The maximum Gasteiger partial charge on any atom is 0.319 e. The van der Waals surface area contributed by atoms with Crippen LogP contribution in [0.1, 0.15) is 19.8 Å². The van der Waals surface area contributed by atoms with Gasteiger partial charge in [0.1, 0.15) is 5.82 Å². The molecule has 0 saturated carbocycles. The Kier molecular flexibility index (Phi) is 5.72. The van der Waals surface area contributed by atoms with Gasteiger partial charge in [0.05, 0.1) is 18.1 Å². The Bertz CT molecular complexity index is 454. The third-order valence-electron chi connectivity index (χ3n) is 2.55. The van der Waals surface area contributed by atoms with Crippen LogP contribution in [0, 0.1) is 11.7 Å². The van der Waals surface area contributed by atoms with Gasteiger partial charge in [-0.15, -0.1) is 0 Å². The number of urea groups is 1. The van der Waals surface area contributed by atoms with Gasteiger partial charge in [-0.05, 0) is 5.92 Å². The van der Waals surface area contributed by atoms with Crippen molar-refractivity contribution in [3.63, 3.8) is 0 Å². The van der Waals surface area contributed by atoms with E-state index in [1.54, 1.807) is 0 Å². The number of carbonyl (C=O) groups excluding carboxylic acids is 1. The molecule has 2 amide bonds. The molecule has 0 aliphatic heterocycles. The molecule has 0 fully saturated rings. The van der Waals surface area contributed by atoms with Crippen LogP contribution in [-0.2, 0) is 4.79 Å². The number of nitrogens with zero attached hydrogens (tertiary/aromatic N) is 1. The van der Waals surface area contributed by atoms with E-state index in [1.807, 2.05) is 6.92 Å². The Hall–Kier alpha value is -2.18. The molecule has 0 bridgehead atoms. The van der Waals surface area contributed by atoms with E-state index in [0.717, 1.165) is 12.3 Å². The minimum atomic E-state index is -0.900. The van der Waals surface area contributed by atoms with Crippen molar-refractivity contribution in [1.82, 2.24) is 10.3 Å². The quantitative estimate of drug-likeness (QED) is 0.735. The summed E-state index contributed by atoms with van der Waals surface area (Å²) >= 11 is 0. The normalized spacial score (nSPS) is 11.7. The zero-order valence-corrected chi connectivity index (χ0v) is 10.5. The molecule has 0 spiro atoms. The van der Waals surface area contributed by atoms with Crippen molar-refractivity contribution in [3.05, 3.63) is 24.3 Å². The first-order chi connectivity index (χ1) is 9.01. The summed E-state index contributed by atoms with van der Waals surface area (Å²) in [6.45, 7) is 2.10. The molecular weight excluding hydrogens is 253 g/mol. The zero-order chi connectivity index (χ0) is 14.3. The van der Waals surface area contributed by atoms with Gasteiger partial charge in [0.25, 0.3) is 0 Å². The second-order valence-corrected chi connectivity index (χ2v) is 4.10. The van der Waals surface area contributed by atoms with E-state index in [9.17, 15) is 14.0 Å². The van der Waals surface area contributed by atoms with E-state index >= 15 is 0 Å². The summed E-state index contributed by atoms with van der Waals surface area (Å²) in [6, 6.07) is 0.623. The van der Waals surface area contributed by atoms with Gasteiger partial charge in [-0.1, -0.05) is 13.3 Å². The number of carboxylic acids is 1. The summed E-state index contributed by atoms with van der Waals surface area (Å²) < 4.78 is 12.8. The fourth-order valence-corrected chi connectivity index (χ4v) is 1.50. The molecule has 0 aliphatic carbocycles. The second kappa shape index (κ2) is 7.30. The summed E-state index contributed by atoms with van der Waals surface area (Å²) in [5.74, 6) is -1.58.